The lowest BCUT2D eigenvalue weighted by molar-refractivity contribution is 0.0622. The molecule has 1 rings (SSSR count). The van der Waals surface area contributed by atoms with Crippen LogP contribution in [-0.4, -0.2) is 6.43 Å². The van der Waals surface area contributed by atoms with Crippen LogP contribution in [0.3, 0.4) is 0 Å². The SMILES string of the molecule is CC(N)(c1c(Cl)cccc1Br)C(F)F. The summed E-state index contributed by atoms with van der Waals surface area (Å²) >= 11 is 8.97. The monoisotopic (exact) mass is 283 g/mol. The molecule has 0 amide bonds. The maximum absolute atomic E-state index is 12.7. The predicted octanol–water partition coefficient (Wildman–Crippen LogP) is 3.54. The molecule has 2 N–H and O–H groups in total. The van der Waals surface area contributed by atoms with Crippen LogP contribution in [0.1, 0.15) is 12.5 Å². The first-order chi connectivity index (χ1) is 6.37. The number of alkyl halides is 2. The van der Waals surface area contributed by atoms with Crippen molar-refractivity contribution in [3.05, 3.63) is 33.3 Å². The van der Waals surface area contributed by atoms with Crippen molar-refractivity contribution in [3.8, 4) is 0 Å². The Morgan fingerprint density at radius 3 is 2.50 bits per heavy atom. The first-order valence-corrected chi connectivity index (χ1v) is 5.06. The molecule has 1 atom stereocenters. The Hall–Kier alpha value is -0.190. The van der Waals surface area contributed by atoms with Gasteiger partial charge in [0.2, 0.25) is 0 Å². The molecule has 0 aliphatic heterocycles. The first kappa shape index (κ1) is 11.9. The van der Waals surface area contributed by atoms with Crippen LogP contribution in [-0.2, 0) is 5.54 Å². The van der Waals surface area contributed by atoms with Gasteiger partial charge in [-0.2, -0.15) is 0 Å². The molecular formula is C9H9BrClF2N. The molecule has 0 saturated carbocycles. The van der Waals surface area contributed by atoms with Crippen LogP contribution in [0.25, 0.3) is 0 Å². The van der Waals surface area contributed by atoms with Crippen molar-refractivity contribution < 1.29 is 8.78 Å². The van der Waals surface area contributed by atoms with Gasteiger partial charge in [-0.25, -0.2) is 8.78 Å². The third-order valence-electron chi connectivity index (χ3n) is 1.95. The van der Waals surface area contributed by atoms with E-state index in [2.05, 4.69) is 15.9 Å². The second kappa shape index (κ2) is 4.13. The standard InChI is InChI=1S/C9H9BrClF2N/c1-9(14,8(12)13)7-5(10)3-2-4-6(7)11/h2-4,8H,14H2,1H3. The lowest BCUT2D eigenvalue weighted by Gasteiger charge is -2.26. The molecule has 78 valence electrons. The molecule has 0 saturated heterocycles. The normalized spacial score (nSPS) is 15.6. The van der Waals surface area contributed by atoms with Gasteiger partial charge in [0.15, 0.2) is 0 Å². The van der Waals surface area contributed by atoms with E-state index in [1.807, 2.05) is 0 Å². The van der Waals surface area contributed by atoms with Gasteiger partial charge in [-0.05, 0) is 19.1 Å². The smallest absolute Gasteiger partial charge is 0.260 e. The van der Waals surface area contributed by atoms with Gasteiger partial charge in [-0.3, -0.25) is 0 Å². The zero-order valence-electron chi connectivity index (χ0n) is 7.40. The fraction of sp³-hybridized carbons (Fsp3) is 0.333. The molecule has 5 heteroatoms. The summed E-state index contributed by atoms with van der Waals surface area (Å²) in [6.45, 7) is 1.25. The van der Waals surface area contributed by atoms with Gasteiger partial charge < -0.3 is 5.73 Å². The average Bonchev–Trinajstić information content (AvgIpc) is 2.02. The molecule has 1 nitrogen and oxygen atoms in total. The minimum Gasteiger partial charge on any atom is -0.317 e. The molecule has 0 aliphatic rings. The van der Waals surface area contributed by atoms with Gasteiger partial charge in [-0.15, -0.1) is 0 Å². The molecule has 0 radical (unpaired) electrons. The molecule has 0 bridgehead atoms. The number of rotatable bonds is 2. The van der Waals surface area contributed by atoms with Crippen molar-refractivity contribution in [2.75, 3.05) is 0 Å². The zero-order valence-corrected chi connectivity index (χ0v) is 9.74. The molecule has 0 aliphatic carbocycles. The Labute approximate surface area is 94.4 Å². The van der Waals surface area contributed by atoms with Crippen LogP contribution in [0.2, 0.25) is 5.02 Å². The number of halogens is 4. The van der Waals surface area contributed by atoms with Crippen LogP contribution in [0, 0.1) is 0 Å². The lowest BCUT2D eigenvalue weighted by Crippen LogP contribution is -2.41. The zero-order chi connectivity index (χ0) is 10.9. The van der Waals surface area contributed by atoms with Gasteiger partial charge in [-0.1, -0.05) is 33.6 Å². The Bertz CT molecular complexity index is 321. The number of hydrogen-bond acceptors (Lipinski definition) is 1. The van der Waals surface area contributed by atoms with E-state index in [0.717, 1.165) is 0 Å². The van der Waals surface area contributed by atoms with Crippen LogP contribution in [0.15, 0.2) is 22.7 Å². The summed E-state index contributed by atoms with van der Waals surface area (Å²) in [7, 11) is 0. The lowest BCUT2D eigenvalue weighted by atomic mass is 9.94. The summed E-state index contributed by atoms with van der Waals surface area (Å²) in [5, 5.41) is 0.240. The molecule has 14 heavy (non-hydrogen) atoms. The fourth-order valence-corrected chi connectivity index (χ4v) is 2.41. The van der Waals surface area contributed by atoms with Crippen molar-refractivity contribution in [2.45, 2.75) is 18.9 Å². The van der Waals surface area contributed by atoms with Crippen molar-refractivity contribution in [3.63, 3.8) is 0 Å². The van der Waals surface area contributed by atoms with Crippen LogP contribution in [0.4, 0.5) is 8.78 Å². The van der Waals surface area contributed by atoms with Gasteiger partial charge in [0.1, 0.15) is 5.54 Å². The minimum absolute atomic E-state index is 0.233. The van der Waals surface area contributed by atoms with E-state index in [0.29, 0.717) is 4.47 Å². The average molecular weight is 285 g/mol. The van der Waals surface area contributed by atoms with E-state index in [9.17, 15) is 8.78 Å². The summed E-state index contributed by atoms with van der Waals surface area (Å²) in [5.74, 6) is 0. The van der Waals surface area contributed by atoms with Gasteiger partial charge in [0.25, 0.3) is 6.43 Å². The second-order valence-electron chi connectivity index (χ2n) is 3.18. The number of nitrogens with two attached hydrogens (primary N) is 1. The summed E-state index contributed by atoms with van der Waals surface area (Å²) in [4.78, 5) is 0. The number of hydrogen-bond donors (Lipinski definition) is 1. The van der Waals surface area contributed by atoms with E-state index in [4.69, 9.17) is 17.3 Å². The van der Waals surface area contributed by atoms with Gasteiger partial charge in [0, 0.05) is 15.1 Å². The van der Waals surface area contributed by atoms with Crippen LogP contribution < -0.4 is 5.73 Å². The van der Waals surface area contributed by atoms with Gasteiger partial charge in [0.05, 0.1) is 0 Å². The van der Waals surface area contributed by atoms with Crippen molar-refractivity contribution in [1.29, 1.82) is 0 Å². The number of benzene rings is 1. The van der Waals surface area contributed by atoms with E-state index in [1.165, 1.54) is 13.0 Å². The Morgan fingerprint density at radius 2 is 2.07 bits per heavy atom. The Kier molecular flexibility index (Phi) is 3.50. The second-order valence-corrected chi connectivity index (χ2v) is 4.44. The summed E-state index contributed by atoms with van der Waals surface area (Å²) in [6, 6.07) is 4.83. The highest BCUT2D eigenvalue weighted by molar-refractivity contribution is 9.10. The van der Waals surface area contributed by atoms with Crippen molar-refractivity contribution >= 4 is 27.5 Å². The third-order valence-corrected chi connectivity index (χ3v) is 2.93. The highest BCUT2D eigenvalue weighted by Crippen LogP contribution is 2.36. The molecule has 0 fully saturated rings. The van der Waals surface area contributed by atoms with E-state index < -0.39 is 12.0 Å². The quantitative estimate of drug-likeness (QED) is 0.883. The third kappa shape index (κ3) is 2.07. The Morgan fingerprint density at radius 1 is 1.50 bits per heavy atom. The predicted molar refractivity (Wildman–Crippen MR) is 56.7 cm³/mol. The molecule has 1 aromatic carbocycles. The molecule has 0 heterocycles. The summed E-state index contributed by atoms with van der Waals surface area (Å²) in [5.41, 5.74) is 4.01. The van der Waals surface area contributed by atoms with Crippen LogP contribution in [0.5, 0.6) is 0 Å². The highest BCUT2D eigenvalue weighted by Gasteiger charge is 2.35. The van der Waals surface area contributed by atoms with Crippen molar-refractivity contribution in [1.82, 2.24) is 0 Å². The van der Waals surface area contributed by atoms with Crippen LogP contribution >= 0.6 is 27.5 Å². The summed E-state index contributed by atoms with van der Waals surface area (Å²) in [6.07, 6.45) is -2.67. The van der Waals surface area contributed by atoms with E-state index in [1.54, 1.807) is 12.1 Å². The largest absolute Gasteiger partial charge is 0.317 e. The maximum atomic E-state index is 12.7. The highest BCUT2D eigenvalue weighted by atomic mass is 79.9. The topological polar surface area (TPSA) is 26.0 Å². The fourth-order valence-electron chi connectivity index (χ4n) is 1.12. The van der Waals surface area contributed by atoms with Gasteiger partial charge >= 0.3 is 0 Å². The summed E-state index contributed by atoms with van der Waals surface area (Å²) < 4.78 is 25.8. The first-order valence-electron chi connectivity index (χ1n) is 3.89. The molecular weight excluding hydrogens is 275 g/mol. The molecule has 1 unspecified atom stereocenters. The molecule has 1 aromatic rings. The van der Waals surface area contributed by atoms with E-state index >= 15 is 0 Å². The minimum atomic E-state index is -2.67. The maximum Gasteiger partial charge on any atom is 0.260 e. The van der Waals surface area contributed by atoms with E-state index in [-0.39, 0.29) is 10.6 Å². The van der Waals surface area contributed by atoms with Crippen molar-refractivity contribution in [2.24, 2.45) is 5.73 Å². The molecule has 0 spiro atoms. The molecule has 0 aromatic heterocycles. The Balaban J connectivity index is 3.31.